The zero-order chi connectivity index (χ0) is 7.11. The largest absolute Gasteiger partial charge is 0.122 e. The summed E-state index contributed by atoms with van der Waals surface area (Å²) in [6, 6.07) is 0. The third-order valence-electron chi connectivity index (χ3n) is 1.13. The molecule has 52 valence electrons. The van der Waals surface area contributed by atoms with Gasteiger partial charge in [-0.1, -0.05) is 18.2 Å². The van der Waals surface area contributed by atoms with Crippen LogP contribution in [0.2, 0.25) is 0 Å². The molecule has 0 N–H and O–H groups in total. The SMILES string of the molecule is C=CCCCC(=C)CCl. The Morgan fingerprint density at radius 3 is 2.67 bits per heavy atom. The minimum absolute atomic E-state index is 0.594. The maximum absolute atomic E-state index is 5.51. The highest BCUT2D eigenvalue weighted by atomic mass is 35.5. The van der Waals surface area contributed by atoms with E-state index in [0.29, 0.717) is 5.88 Å². The van der Waals surface area contributed by atoms with Gasteiger partial charge in [-0.25, -0.2) is 0 Å². The Morgan fingerprint density at radius 1 is 1.56 bits per heavy atom. The molecule has 0 nitrogen and oxygen atoms in total. The number of unbranched alkanes of at least 4 members (excludes halogenated alkanes) is 1. The standard InChI is InChI=1S/C8H13Cl/c1-3-4-5-6-8(2)7-9/h3H,1-2,4-7H2. The van der Waals surface area contributed by atoms with Gasteiger partial charge in [0, 0.05) is 5.88 Å². The molecule has 0 amide bonds. The lowest BCUT2D eigenvalue weighted by atomic mass is 10.1. The van der Waals surface area contributed by atoms with Crippen LogP contribution in [0.15, 0.2) is 24.8 Å². The van der Waals surface area contributed by atoms with E-state index in [1.165, 1.54) is 0 Å². The minimum Gasteiger partial charge on any atom is -0.122 e. The van der Waals surface area contributed by atoms with E-state index in [1.807, 2.05) is 6.08 Å². The monoisotopic (exact) mass is 144 g/mol. The van der Waals surface area contributed by atoms with Gasteiger partial charge in [-0.05, 0) is 19.3 Å². The van der Waals surface area contributed by atoms with Crippen molar-refractivity contribution in [3.8, 4) is 0 Å². The fourth-order valence-electron chi connectivity index (χ4n) is 0.563. The summed E-state index contributed by atoms with van der Waals surface area (Å²) < 4.78 is 0. The number of hydrogen-bond acceptors (Lipinski definition) is 0. The van der Waals surface area contributed by atoms with Crippen molar-refractivity contribution < 1.29 is 0 Å². The molecule has 0 bridgehead atoms. The first-order valence-electron chi connectivity index (χ1n) is 3.14. The molecule has 0 atom stereocenters. The highest BCUT2D eigenvalue weighted by Gasteiger charge is 1.88. The molecule has 0 aromatic heterocycles. The van der Waals surface area contributed by atoms with E-state index in [-0.39, 0.29) is 0 Å². The molecule has 0 saturated carbocycles. The van der Waals surface area contributed by atoms with Gasteiger partial charge < -0.3 is 0 Å². The molecule has 0 unspecified atom stereocenters. The lowest BCUT2D eigenvalue weighted by Gasteiger charge is -1.96. The van der Waals surface area contributed by atoms with Gasteiger partial charge in [0.2, 0.25) is 0 Å². The van der Waals surface area contributed by atoms with E-state index in [1.54, 1.807) is 0 Å². The summed E-state index contributed by atoms with van der Waals surface area (Å²) in [5.41, 5.74) is 1.12. The normalized spacial score (nSPS) is 9.00. The quantitative estimate of drug-likeness (QED) is 0.316. The lowest BCUT2D eigenvalue weighted by molar-refractivity contribution is 0.837. The summed E-state index contributed by atoms with van der Waals surface area (Å²) in [4.78, 5) is 0. The predicted molar refractivity (Wildman–Crippen MR) is 43.9 cm³/mol. The summed E-state index contributed by atoms with van der Waals surface area (Å²) in [5, 5.41) is 0. The first-order chi connectivity index (χ1) is 4.31. The molecule has 0 aliphatic rings. The van der Waals surface area contributed by atoms with E-state index in [9.17, 15) is 0 Å². The highest BCUT2D eigenvalue weighted by Crippen LogP contribution is 2.06. The van der Waals surface area contributed by atoms with Crippen molar-refractivity contribution in [1.82, 2.24) is 0 Å². The van der Waals surface area contributed by atoms with Crippen molar-refractivity contribution in [2.45, 2.75) is 19.3 Å². The van der Waals surface area contributed by atoms with Gasteiger partial charge in [0.25, 0.3) is 0 Å². The molecule has 0 saturated heterocycles. The number of hydrogen-bond donors (Lipinski definition) is 0. The van der Waals surface area contributed by atoms with Crippen molar-refractivity contribution in [2.24, 2.45) is 0 Å². The molecule has 0 aliphatic carbocycles. The third kappa shape index (κ3) is 5.64. The molecular formula is C8H13Cl. The second-order valence-corrected chi connectivity index (χ2v) is 2.33. The zero-order valence-electron chi connectivity index (χ0n) is 5.70. The van der Waals surface area contributed by atoms with Crippen molar-refractivity contribution in [1.29, 1.82) is 0 Å². The van der Waals surface area contributed by atoms with Gasteiger partial charge in [0.15, 0.2) is 0 Å². The molecule has 0 aliphatic heterocycles. The molecule has 0 fully saturated rings. The number of allylic oxidation sites excluding steroid dienone is 2. The Kier molecular flexibility index (Phi) is 5.75. The van der Waals surface area contributed by atoms with Crippen LogP contribution in [0.1, 0.15) is 19.3 Å². The fraction of sp³-hybridized carbons (Fsp3) is 0.500. The number of alkyl halides is 1. The van der Waals surface area contributed by atoms with Gasteiger partial charge in [-0.2, -0.15) is 0 Å². The average molecular weight is 145 g/mol. The Morgan fingerprint density at radius 2 is 2.22 bits per heavy atom. The van der Waals surface area contributed by atoms with Crippen molar-refractivity contribution in [2.75, 3.05) is 5.88 Å². The lowest BCUT2D eigenvalue weighted by Crippen LogP contribution is -1.81. The Balaban J connectivity index is 3.06. The predicted octanol–water partition coefficient (Wildman–Crippen LogP) is 3.14. The summed E-state index contributed by atoms with van der Waals surface area (Å²) >= 11 is 5.51. The first-order valence-corrected chi connectivity index (χ1v) is 3.68. The van der Waals surface area contributed by atoms with Crippen LogP contribution in [0.5, 0.6) is 0 Å². The molecule has 0 heterocycles. The van der Waals surface area contributed by atoms with E-state index >= 15 is 0 Å². The molecule has 0 aromatic rings. The van der Waals surface area contributed by atoms with Crippen LogP contribution in [0.25, 0.3) is 0 Å². The van der Waals surface area contributed by atoms with Crippen LogP contribution in [0, 0.1) is 0 Å². The summed E-state index contributed by atoms with van der Waals surface area (Å²) in [7, 11) is 0. The van der Waals surface area contributed by atoms with Crippen molar-refractivity contribution in [3.63, 3.8) is 0 Å². The Hall–Kier alpha value is -0.230. The van der Waals surface area contributed by atoms with E-state index < -0.39 is 0 Å². The van der Waals surface area contributed by atoms with Gasteiger partial charge in [0.1, 0.15) is 0 Å². The van der Waals surface area contributed by atoms with Crippen LogP contribution in [0.3, 0.4) is 0 Å². The molecule has 1 heteroatoms. The van der Waals surface area contributed by atoms with E-state index in [4.69, 9.17) is 11.6 Å². The number of rotatable bonds is 5. The fourth-order valence-corrected chi connectivity index (χ4v) is 0.697. The zero-order valence-corrected chi connectivity index (χ0v) is 6.45. The average Bonchev–Trinajstić information content (AvgIpc) is 1.89. The first kappa shape index (κ1) is 8.77. The van der Waals surface area contributed by atoms with Crippen LogP contribution < -0.4 is 0 Å². The van der Waals surface area contributed by atoms with E-state index in [2.05, 4.69) is 13.2 Å². The molecule has 0 spiro atoms. The molecule has 9 heavy (non-hydrogen) atoms. The van der Waals surface area contributed by atoms with Crippen LogP contribution >= 0.6 is 11.6 Å². The van der Waals surface area contributed by atoms with E-state index in [0.717, 1.165) is 24.8 Å². The second kappa shape index (κ2) is 5.90. The van der Waals surface area contributed by atoms with Crippen molar-refractivity contribution in [3.05, 3.63) is 24.8 Å². The Bertz CT molecular complexity index is 94.7. The van der Waals surface area contributed by atoms with Crippen LogP contribution in [0.4, 0.5) is 0 Å². The third-order valence-corrected chi connectivity index (χ3v) is 1.51. The molecule has 0 aromatic carbocycles. The molecular weight excluding hydrogens is 132 g/mol. The van der Waals surface area contributed by atoms with Gasteiger partial charge in [0.05, 0.1) is 0 Å². The van der Waals surface area contributed by atoms with Crippen LogP contribution in [-0.2, 0) is 0 Å². The summed E-state index contributed by atoms with van der Waals surface area (Å²) in [5.74, 6) is 0.594. The second-order valence-electron chi connectivity index (χ2n) is 2.06. The van der Waals surface area contributed by atoms with Gasteiger partial charge in [-0.15, -0.1) is 18.2 Å². The maximum Gasteiger partial charge on any atom is 0.0430 e. The van der Waals surface area contributed by atoms with Crippen LogP contribution in [-0.4, -0.2) is 5.88 Å². The smallest absolute Gasteiger partial charge is 0.0430 e. The van der Waals surface area contributed by atoms with Gasteiger partial charge in [-0.3, -0.25) is 0 Å². The summed E-state index contributed by atoms with van der Waals surface area (Å²) in [6.07, 6.45) is 5.15. The topological polar surface area (TPSA) is 0 Å². The minimum atomic E-state index is 0.594. The number of halogens is 1. The van der Waals surface area contributed by atoms with Crippen molar-refractivity contribution >= 4 is 11.6 Å². The van der Waals surface area contributed by atoms with Gasteiger partial charge >= 0.3 is 0 Å². The molecule has 0 radical (unpaired) electrons. The maximum atomic E-state index is 5.51. The Labute approximate surface area is 62.2 Å². The molecule has 0 rings (SSSR count). The highest BCUT2D eigenvalue weighted by molar-refractivity contribution is 6.19. The summed E-state index contributed by atoms with van der Waals surface area (Å²) in [6.45, 7) is 7.40.